The summed E-state index contributed by atoms with van der Waals surface area (Å²) < 4.78 is 0. The molecule has 1 aromatic carbocycles. The summed E-state index contributed by atoms with van der Waals surface area (Å²) in [6, 6.07) is 8.44. The molecule has 6 nitrogen and oxygen atoms in total. The van der Waals surface area contributed by atoms with Crippen LogP contribution in [0, 0.1) is 10.8 Å². The summed E-state index contributed by atoms with van der Waals surface area (Å²) in [6.45, 7) is 11.0. The molecule has 2 unspecified atom stereocenters. The van der Waals surface area contributed by atoms with Crippen molar-refractivity contribution in [1.29, 1.82) is 0 Å². The fraction of sp³-hybridized carbons (Fsp3) is 0.478. The summed E-state index contributed by atoms with van der Waals surface area (Å²) in [5.74, 6) is 0. The van der Waals surface area contributed by atoms with Gasteiger partial charge in [-0.05, 0) is 35.9 Å². The minimum Gasteiger partial charge on any atom is -0.388 e. The van der Waals surface area contributed by atoms with Gasteiger partial charge < -0.3 is 20.7 Å². The Hall–Kier alpha value is -2.44. The second kappa shape index (κ2) is 7.11. The molecule has 4 N–H and O–H groups in total. The molecule has 29 heavy (non-hydrogen) atoms. The number of aliphatic hydroxyl groups is 1. The van der Waals surface area contributed by atoms with Crippen LogP contribution in [-0.4, -0.2) is 39.7 Å². The van der Waals surface area contributed by atoms with E-state index < -0.39 is 6.10 Å². The van der Waals surface area contributed by atoms with Crippen LogP contribution in [-0.2, 0) is 0 Å². The lowest BCUT2D eigenvalue weighted by atomic mass is 9.85. The van der Waals surface area contributed by atoms with Crippen molar-refractivity contribution in [3.05, 3.63) is 42.2 Å². The van der Waals surface area contributed by atoms with Gasteiger partial charge in [0.2, 0.25) is 0 Å². The maximum atomic E-state index is 10.8. The van der Waals surface area contributed by atoms with Gasteiger partial charge in [0.05, 0.1) is 18.0 Å². The van der Waals surface area contributed by atoms with Crippen molar-refractivity contribution < 1.29 is 5.11 Å². The number of nitrogens with one attached hydrogen (secondary N) is 1. The number of fused-ring (bicyclic) bond motifs is 1. The van der Waals surface area contributed by atoms with Gasteiger partial charge in [-0.3, -0.25) is 0 Å². The van der Waals surface area contributed by atoms with E-state index in [0.717, 1.165) is 41.8 Å². The van der Waals surface area contributed by atoms with E-state index in [1.54, 1.807) is 6.20 Å². The maximum absolute atomic E-state index is 10.8. The zero-order valence-electron chi connectivity index (χ0n) is 17.7. The lowest BCUT2D eigenvalue weighted by Crippen LogP contribution is -2.31. The Labute approximate surface area is 172 Å². The Bertz CT molecular complexity index is 1020. The molecular weight excluding hydrogens is 362 g/mol. The first-order valence-corrected chi connectivity index (χ1v) is 10.3. The van der Waals surface area contributed by atoms with Crippen molar-refractivity contribution in [1.82, 2.24) is 15.0 Å². The molecule has 0 bridgehead atoms. The highest BCUT2D eigenvalue weighted by molar-refractivity contribution is 5.79. The molecule has 4 rings (SSSR count). The van der Waals surface area contributed by atoms with Gasteiger partial charge in [0, 0.05) is 36.1 Å². The van der Waals surface area contributed by atoms with Gasteiger partial charge in [-0.25, -0.2) is 9.97 Å². The van der Waals surface area contributed by atoms with Crippen LogP contribution in [0.2, 0.25) is 0 Å². The second-order valence-electron chi connectivity index (χ2n) is 9.70. The van der Waals surface area contributed by atoms with Gasteiger partial charge in [-0.1, -0.05) is 39.8 Å². The largest absolute Gasteiger partial charge is 0.388 e. The highest BCUT2D eigenvalue weighted by atomic mass is 16.3. The Balaban J connectivity index is 1.69. The predicted molar refractivity (Wildman–Crippen MR) is 118 cm³/mol. The van der Waals surface area contributed by atoms with E-state index in [1.165, 1.54) is 5.69 Å². The predicted octanol–water partition coefficient (Wildman–Crippen LogP) is 3.88. The summed E-state index contributed by atoms with van der Waals surface area (Å²) in [6.07, 6.45) is 4.10. The zero-order valence-corrected chi connectivity index (χ0v) is 17.7. The molecule has 1 saturated heterocycles. The molecule has 2 atom stereocenters. The van der Waals surface area contributed by atoms with Crippen LogP contribution >= 0.6 is 0 Å². The van der Waals surface area contributed by atoms with Crippen LogP contribution < -0.4 is 10.6 Å². The number of aromatic amines is 1. The highest BCUT2D eigenvalue weighted by Crippen LogP contribution is 2.37. The first kappa shape index (κ1) is 19.9. The normalized spacial score (nSPS) is 21.1. The average Bonchev–Trinajstić information content (AvgIpc) is 3.30. The summed E-state index contributed by atoms with van der Waals surface area (Å²) in [5, 5.41) is 10.8. The van der Waals surface area contributed by atoms with Gasteiger partial charge in [0.15, 0.2) is 5.65 Å². The van der Waals surface area contributed by atoms with Gasteiger partial charge in [0.1, 0.15) is 5.52 Å². The highest BCUT2D eigenvalue weighted by Gasteiger charge is 2.32. The number of benzene rings is 1. The Morgan fingerprint density at radius 3 is 2.83 bits per heavy atom. The number of anilines is 1. The summed E-state index contributed by atoms with van der Waals surface area (Å²) in [5.41, 5.74) is 11.1. The lowest BCUT2D eigenvalue weighted by Gasteiger charge is -2.25. The SMILES string of the molecule is CC1(CN)CCN(c2cccc(-c3cnc4[nH]cc(C(O)C(C)(C)C)c4n3)c2)C1. The molecule has 3 aromatic rings. The molecule has 1 fully saturated rings. The smallest absolute Gasteiger partial charge is 0.156 e. The number of rotatable bonds is 4. The molecule has 0 spiro atoms. The van der Waals surface area contributed by atoms with Crippen LogP contribution in [0.15, 0.2) is 36.7 Å². The summed E-state index contributed by atoms with van der Waals surface area (Å²) >= 11 is 0. The molecule has 6 heteroatoms. The van der Waals surface area contributed by atoms with Crippen LogP contribution in [0.1, 0.15) is 45.8 Å². The minimum absolute atomic E-state index is 0.178. The third-order valence-electron chi connectivity index (χ3n) is 6.08. The van der Waals surface area contributed by atoms with Crippen LogP contribution in [0.4, 0.5) is 5.69 Å². The number of hydrogen-bond acceptors (Lipinski definition) is 5. The van der Waals surface area contributed by atoms with Crippen molar-refractivity contribution >= 4 is 16.9 Å². The van der Waals surface area contributed by atoms with Crippen LogP contribution in [0.3, 0.4) is 0 Å². The molecule has 0 radical (unpaired) electrons. The molecule has 154 valence electrons. The fourth-order valence-electron chi connectivity index (χ4n) is 4.00. The number of aromatic nitrogens is 3. The molecule has 1 aliphatic rings. The molecule has 0 aliphatic carbocycles. The molecule has 0 saturated carbocycles. The van der Waals surface area contributed by atoms with Crippen molar-refractivity contribution in [2.45, 2.75) is 40.2 Å². The number of nitrogens with zero attached hydrogens (tertiary/aromatic N) is 3. The van der Waals surface area contributed by atoms with Crippen molar-refractivity contribution in [2.75, 3.05) is 24.5 Å². The van der Waals surface area contributed by atoms with E-state index in [9.17, 15) is 5.11 Å². The van der Waals surface area contributed by atoms with Gasteiger partial charge in [0.25, 0.3) is 0 Å². The van der Waals surface area contributed by atoms with E-state index in [2.05, 4.69) is 46.1 Å². The Kier molecular flexibility index (Phi) is 4.87. The minimum atomic E-state index is -0.620. The van der Waals surface area contributed by atoms with Crippen molar-refractivity contribution in [3.63, 3.8) is 0 Å². The quantitative estimate of drug-likeness (QED) is 0.626. The van der Waals surface area contributed by atoms with E-state index >= 15 is 0 Å². The molecule has 1 aliphatic heterocycles. The Morgan fingerprint density at radius 1 is 1.34 bits per heavy atom. The molecule has 3 heterocycles. The van der Waals surface area contributed by atoms with Crippen molar-refractivity contribution in [3.8, 4) is 11.3 Å². The first-order valence-electron chi connectivity index (χ1n) is 10.3. The fourth-order valence-corrected chi connectivity index (χ4v) is 4.00. The van der Waals surface area contributed by atoms with Crippen LogP contribution in [0.5, 0.6) is 0 Å². The molecule has 0 amide bonds. The molecule has 2 aromatic heterocycles. The van der Waals surface area contributed by atoms with Crippen molar-refractivity contribution in [2.24, 2.45) is 16.6 Å². The van der Waals surface area contributed by atoms with Gasteiger partial charge in [-0.2, -0.15) is 0 Å². The topological polar surface area (TPSA) is 91.1 Å². The standard InChI is InChI=1S/C23H31N5O/c1-22(2,3)20(29)17-11-25-21-19(17)27-18(12-26-21)15-6-5-7-16(10-15)28-9-8-23(4,13-24)14-28/h5-7,10-12,20,29H,8-9,13-14,24H2,1-4H3,(H,25,26). The monoisotopic (exact) mass is 393 g/mol. The van der Waals surface area contributed by atoms with Gasteiger partial charge in [-0.15, -0.1) is 0 Å². The zero-order chi connectivity index (χ0) is 20.8. The number of aliphatic hydroxyl groups excluding tert-OH is 1. The summed E-state index contributed by atoms with van der Waals surface area (Å²) in [7, 11) is 0. The molecular formula is C23H31N5O. The lowest BCUT2D eigenvalue weighted by molar-refractivity contribution is 0.0638. The first-order chi connectivity index (χ1) is 13.7. The third kappa shape index (κ3) is 3.74. The number of hydrogen-bond donors (Lipinski definition) is 3. The second-order valence-corrected chi connectivity index (χ2v) is 9.70. The van der Waals surface area contributed by atoms with E-state index in [4.69, 9.17) is 10.7 Å². The average molecular weight is 394 g/mol. The van der Waals surface area contributed by atoms with E-state index in [0.29, 0.717) is 12.2 Å². The number of H-pyrrole nitrogens is 1. The van der Waals surface area contributed by atoms with Crippen LogP contribution in [0.25, 0.3) is 22.4 Å². The summed E-state index contributed by atoms with van der Waals surface area (Å²) in [4.78, 5) is 14.9. The maximum Gasteiger partial charge on any atom is 0.156 e. The van der Waals surface area contributed by atoms with E-state index in [-0.39, 0.29) is 10.8 Å². The van der Waals surface area contributed by atoms with Gasteiger partial charge >= 0.3 is 0 Å². The number of nitrogens with two attached hydrogens (primary N) is 1. The van der Waals surface area contributed by atoms with E-state index in [1.807, 2.05) is 27.0 Å². The Morgan fingerprint density at radius 2 is 2.14 bits per heavy atom. The third-order valence-corrected chi connectivity index (χ3v) is 6.08.